The van der Waals surface area contributed by atoms with Gasteiger partial charge in [-0.25, -0.2) is 12.8 Å². The molecule has 1 aliphatic rings. The van der Waals surface area contributed by atoms with Crippen LogP contribution in [0.4, 0.5) is 10.1 Å². The van der Waals surface area contributed by atoms with Gasteiger partial charge in [-0.05, 0) is 61.6 Å². The average molecular weight is 405 g/mol. The van der Waals surface area contributed by atoms with Crippen molar-refractivity contribution in [1.29, 1.82) is 0 Å². The highest BCUT2D eigenvalue weighted by atomic mass is 32.2. The molecule has 3 rings (SSSR count). The fraction of sp³-hybridized carbons (Fsp3) is 0.381. The molecule has 0 saturated heterocycles. The lowest BCUT2D eigenvalue weighted by Crippen LogP contribution is -2.41. The van der Waals surface area contributed by atoms with Crippen LogP contribution in [0.3, 0.4) is 0 Å². The summed E-state index contributed by atoms with van der Waals surface area (Å²) in [5, 5.41) is 3.05. The van der Waals surface area contributed by atoms with Gasteiger partial charge in [0.05, 0.1) is 4.90 Å². The maximum atomic E-state index is 13.7. The van der Waals surface area contributed by atoms with Gasteiger partial charge in [0.2, 0.25) is 0 Å². The zero-order valence-electron chi connectivity index (χ0n) is 16.0. The zero-order chi connectivity index (χ0) is 20.3. The van der Waals surface area contributed by atoms with E-state index < -0.39 is 15.8 Å². The van der Waals surface area contributed by atoms with Gasteiger partial charge in [0.15, 0.2) is 0 Å². The van der Waals surface area contributed by atoms with Crippen LogP contribution in [0, 0.1) is 18.7 Å². The van der Waals surface area contributed by atoms with Crippen LogP contribution in [0.15, 0.2) is 47.4 Å². The molecule has 7 heteroatoms. The van der Waals surface area contributed by atoms with E-state index in [4.69, 9.17) is 0 Å². The number of rotatable bonds is 5. The van der Waals surface area contributed by atoms with Crippen LogP contribution in [0.1, 0.15) is 48.5 Å². The molecule has 0 unspecified atom stereocenters. The number of halogens is 1. The molecule has 1 fully saturated rings. The molecule has 0 radical (unpaired) electrons. The first kappa shape index (κ1) is 20.3. The molecule has 1 saturated carbocycles. The first-order valence-corrected chi connectivity index (χ1v) is 10.9. The molecule has 0 bridgehead atoms. The van der Waals surface area contributed by atoms with E-state index in [0.717, 1.165) is 25.3 Å². The summed E-state index contributed by atoms with van der Waals surface area (Å²) in [4.78, 5) is 12.4. The van der Waals surface area contributed by atoms with Crippen LogP contribution < -0.4 is 10.0 Å². The Morgan fingerprint density at radius 3 is 2.57 bits per heavy atom. The summed E-state index contributed by atoms with van der Waals surface area (Å²) >= 11 is 0. The van der Waals surface area contributed by atoms with Crippen molar-refractivity contribution < 1.29 is 17.6 Å². The predicted octanol–water partition coefficient (Wildman–Crippen LogP) is 4.24. The second kappa shape index (κ2) is 8.31. The number of anilines is 1. The van der Waals surface area contributed by atoms with Crippen molar-refractivity contribution in [2.75, 3.05) is 4.72 Å². The summed E-state index contributed by atoms with van der Waals surface area (Å²) in [6.45, 7) is 3.70. The van der Waals surface area contributed by atoms with Crippen LogP contribution in [0.25, 0.3) is 0 Å². The van der Waals surface area contributed by atoms with Crippen molar-refractivity contribution in [2.24, 2.45) is 5.92 Å². The quantitative estimate of drug-likeness (QED) is 0.783. The summed E-state index contributed by atoms with van der Waals surface area (Å²) in [7, 11) is -3.95. The fourth-order valence-electron chi connectivity index (χ4n) is 3.46. The number of hydrogen-bond acceptors (Lipinski definition) is 3. The molecule has 2 aromatic rings. The van der Waals surface area contributed by atoms with Gasteiger partial charge in [0, 0.05) is 17.3 Å². The van der Waals surface area contributed by atoms with E-state index in [0.29, 0.717) is 17.0 Å². The largest absolute Gasteiger partial charge is 0.349 e. The Bertz CT molecular complexity index is 975. The van der Waals surface area contributed by atoms with Gasteiger partial charge in [-0.2, -0.15) is 0 Å². The monoisotopic (exact) mass is 404 g/mol. The number of carbonyl (C=O) groups is 1. The van der Waals surface area contributed by atoms with Crippen molar-refractivity contribution in [3.63, 3.8) is 0 Å². The van der Waals surface area contributed by atoms with Crippen LogP contribution in [0.5, 0.6) is 0 Å². The van der Waals surface area contributed by atoms with Gasteiger partial charge in [0.25, 0.3) is 15.9 Å². The van der Waals surface area contributed by atoms with Crippen LogP contribution in [-0.2, 0) is 10.0 Å². The number of aryl methyl sites for hydroxylation is 1. The van der Waals surface area contributed by atoms with Crippen molar-refractivity contribution in [1.82, 2.24) is 5.32 Å². The molecule has 0 aliphatic heterocycles. The van der Waals surface area contributed by atoms with E-state index in [2.05, 4.69) is 17.0 Å². The third-order valence-corrected chi connectivity index (χ3v) is 6.64. The minimum absolute atomic E-state index is 0.136. The van der Waals surface area contributed by atoms with E-state index >= 15 is 0 Å². The number of benzene rings is 2. The molecule has 1 aliphatic carbocycles. The Morgan fingerprint density at radius 2 is 1.86 bits per heavy atom. The Labute approximate surface area is 165 Å². The summed E-state index contributed by atoms with van der Waals surface area (Å²) in [6.07, 6.45) is 4.34. The topological polar surface area (TPSA) is 75.3 Å². The summed E-state index contributed by atoms with van der Waals surface area (Å²) in [6, 6.07) is 10.2. The van der Waals surface area contributed by atoms with Crippen LogP contribution >= 0.6 is 0 Å². The molecule has 0 aromatic heterocycles. The smallest absolute Gasteiger partial charge is 0.261 e. The number of hydrogen-bond donors (Lipinski definition) is 2. The number of amides is 1. The van der Waals surface area contributed by atoms with Gasteiger partial charge < -0.3 is 5.32 Å². The molecule has 150 valence electrons. The maximum absolute atomic E-state index is 13.7. The highest BCUT2D eigenvalue weighted by molar-refractivity contribution is 7.92. The van der Waals surface area contributed by atoms with Crippen molar-refractivity contribution >= 4 is 21.6 Å². The van der Waals surface area contributed by atoms with Crippen molar-refractivity contribution in [2.45, 2.75) is 50.5 Å². The number of sulfonamides is 1. The molecule has 2 N–H and O–H groups in total. The Hall–Kier alpha value is -2.41. The summed E-state index contributed by atoms with van der Waals surface area (Å²) < 4.78 is 41.2. The molecule has 5 nitrogen and oxygen atoms in total. The molecule has 2 atom stereocenters. The Morgan fingerprint density at radius 1 is 1.11 bits per heavy atom. The lowest BCUT2D eigenvalue weighted by atomic mass is 9.86. The number of nitrogens with one attached hydrogen (secondary N) is 2. The van der Waals surface area contributed by atoms with Gasteiger partial charge in [-0.1, -0.05) is 31.9 Å². The molecule has 0 spiro atoms. The van der Waals surface area contributed by atoms with Crippen LogP contribution in [-0.4, -0.2) is 20.4 Å². The van der Waals surface area contributed by atoms with E-state index in [-0.39, 0.29) is 22.5 Å². The second-order valence-electron chi connectivity index (χ2n) is 7.44. The molecule has 2 aromatic carbocycles. The normalized spacial score (nSPS) is 19.8. The first-order valence-electron chi connectivity index (χ1n) is 9.46. The van der Waals surface area contributed by atoms with Crippen LogP contribution in [0.2, 0.25) is 0 Å². The van der Waals surface area contributed by atoms with E-state index in [9.17, 15) is 17.6 Å². The summed E-state index contributed by atoms with van der Waals surface area (Å²) in [5.74, 6) is -0.380. The van der Waals surface area contributed by atoms with E-state index in [1.165, 1.54) is 24.6 Å². The SMILES string of the molecule is Cc1ccc(S(=O)(=O)Nc2cccc(C(=O)N[C@H]3CCCC[C@@H]3C)c2)cc1F. The van der Waals surface area contributed by atoms with Crippen molar-refractivity contribution in [3.05, 3.63) is 59.4 Å². The Balaban J connectivity index is 1.75. The zero-order valence-corrected chi connectivity index (χ0v) is 16.9. The minimum atomic E-state index is -3.95. The molecule has 1 amide bonds. The van der Waals surface area contributed by atoms with Gasteiger partial charge in [-0.3, -0.25) is 9.52 Å². The fourth-order valence-corrected chi connectivity index (χ4v) is 4.52. The predicted molar refractivity (Wildman–Crippen MR) is 107 cm³/mol. The minimum Gasteiger partial charge on any atom is -0.349 e. The van der Waals surface area contributed by atoms with Gasteiger partial charge in [-0.15, -0.1) is 0 Å². The average Bonchev–Trinajstić information content (AvgIpc) is 2.65. The lowest BCUT2D eigenvalue weighted by Gasteiger charge is -2.29. The number of carbonyl (C=O) groups excluding carboxylic acids is 1. The summed E-state index contributed by atoms with van der Waals surface area (Å²) in [5.41, 5.74) is 1.01. The van der Waals surface area contributed by atoms with E-state index in [1.807, 2.05) is 0 Å². The Kier molecular flexibility index (Phi) is 6.03. The third kappa shape index (κ3) is 4.70. The maximum Gasteiger partial charge on any atom is 0.261 e. The standard InChI is InChI=1S/C21H25FN2O3S/c1-14-10-11-18(13-19(14)22)28(26,27)24-17-8-5-7-16(12-17)21(25)23-20-9-4-3-6-15(20)2/h5,7-8,10-13,15,20,24H,3-4,6,9H2,1-2H3,(H,23,25)/t15-,20-/m0/s1. The van der Waals surface area contributed by atoms with E-state index in [1.54, 1.807) is 25.1 Å². The van der Waals surface area contributed by atoms with Gasteiger partial charge in [0.1, 0.15) is 5.82 Å². The molecular formula is C21H25FN2O3S. The first-order chi connectivity index (χ1) is 13.3. The highest BCUT2D eigenvalue weighted by Gasteiger charge is 2.23. The third-order valence-electron chi connectivity index (χ3n) is 5.26. The molecule has 0 heterocycles. The second-order valence-corrected chi connectivity index (χ2v) is 9.12. The molecule has 28 heavy (non-hydrogen) atoms. The highest BCUT2D eigenvalue weighted by Crippen LogP contribution is 2.24. The van der Waals surface area contributed by atoms with Gasteiger partial charge >= 0.3 is 0 Å². The lowest BCUT2D eigenvalue weighted by molar-refractivity contribution is 0.0910. The van der Waals surface area contributed by atoms with Crippen molar-refractivity contribution in [3.8, 4) is 0 Å². The molecular weight excluding hydrogens is 379 g/mol.